The van der Waals surface area contributed by atoms with Crippen molar-refractivity contribution in [2.45, 2.75) is 18.8 Å². The van der Waals surface area contributed by atoms with Crippen LogP contribution < -0.4 is 10.6 Å². The zero-order chi connectivity index (χ0) is 14.5. The minimum atomic E-state index is -1.77. The van der Waals surface area contributed by atoms with Crippen molar-refractivity contribution in [3.05, 3.63) is 35.9 Å². The van der Waals surface area contributed by atoms with Crippen LogP contribution in [0.15, 0.2) is 30.3 Å². The quantitative estimate of drug-likeness (QED) is 0.703. The normalized spacial score (nSPS) is 13.2. The van der Waals surface area contributed by atoms with E-state index in [0.29, 0.717) is 5.56 Å². The van der Waals surface area contributed by atoms with Crippen molar-refractivity contribution in [1.82, 2.24) is 10.6 Å². The topological polar surface area (TPSA) is 95.5 Å². The highest BCUT2D eigenvalue weighted by atomic mass is 16.4. The number of amides is 3. The first-order chi connectivity index (χ1) is 8.98. The van der Waals surface area contributed by atoms with Crippen LogP contribution in [-0.2, 0) is 15.0 Å². The molecule has 0 unspecified atom stereocenters. The number of carbonyl (C=O) groups excluding carboxylic acids is 2. The van der Waals surface area contributed by atoms with Crippen molar-refractivity contribution in [2.75, 3.05) is 7.05 Å². The lowest BCUT2D eigenvalue weighted by Gasteiger charge is -2.26. The molecule has 3 amide bonds. The molecule has 0 spiro atoms. The average molecular weight is 264 g/mol. The first-order valence-electron chi connectivity index (χ1n) is 5.81. The molecular weight excluding hydrogens is 248 g/mol. The molecule has 0 saturated heterocycles. The van der Waals surface area contributed by atoms with E-state index >= 15 is 0 Å². The van der Waals surface area contributed by atoms with Crippen LogP contribution in [0.5, 0.6) is 0 Å². The van der Waals surface area contributed by atoms with E-state index in [1.807, 2.05) is 5.32 Å². The second-order valence-corrected chi connectivity index (χ2v) is 3.96. The Morgan fingerprint density at radius 2 is 1.79 bits per heavy atom. The highest BCUT2D eigenvalue weighted by Crippen LogP contribution is 2.28. The first kappa shape index (κ1) is 14.7. The Labute approximate surface area is 110 Å². The number of rotatable bonds is 4. The Balaban J connectivity index is 3.25. The number of benzene rings is 1. The molecule has 102 valence electrons. The summed E-state index contributed by atoms with van der Waals surface area (Å²) in [5, 5.41) is 13.7. The number of hydrogen-bond acceptors (Lipinski definition) is 3. The minimum absolute atomic E-state index is 0.0369. The predicted molar refractivity (Wildman–Crippen MR) is 68.6 cm³/mol. The van der Waals surface area contributed by atoms with Gasteiger partial charge in [-0.2, -0.15) is 0 Å². The van der Waals surface area contributed by atoms with Crippen molar-refractivity contribution >= 4 is 17.9 Å². The summed E-state index contributed by atoms with van der Waals surface area (Å²) in [6, 6.07) is 7.40. The van der Waals surface area contributed by atoms with Crippen LogP contribution in [0, 0.1) is 0 Å². The second-order valence-electron chi connectivity index (χ2n) is 3.96. The maximum atomic E-state index is 12.2. The van der Waals surface area contributed by atoms with Gasteiger partial charge in [-0.25, -0.2) is 4.79 Å². The number of hydrogen-bond donors (Lipinski definition) is 3. The van der Waals surface area contributed by atoms with Gasteiger partial charge in [0.25, 0.3) is 0 Å². The zero-order valence-corrected chi connectivity index (χ0v) is 10.8. The summed E-state index contributed by atoms with van der Waals surface area (Å²) in [6.45, 7) is 1.59. The number of carbonyl (C=O) groups is 3. The van der Waals surface area contributed by atoms with Gasteiger partial charge in [0.05, 0.1) is 0 Å². The van der Waals surface area contributed by atoms with Crippen LogP contribution in [-0.4, -0.2) is 30.1 Å². The van der Waals surface area contributed by atoms with Gasteiger partial charge in [-0.05, 0) is 12.0 Å². The molecule has 0 aliphatic rings. The number of aliphatic carboxylic acids is 1. The van der Waals surface area contributed by atoms with Gasteiger partial charge in [0.1, 0.15) is 0 Å². The van der Waals surface area contributed by atoms with E-state index in [-0.39, 0.29) is 6.42 Å². The lowest BCUT2D eigenvalue weighted by atomic mass is 9.77. The molecule has 0 saturated carbocycles. The molecule has 19 heavy (non-hydrogen) atoms. The van der Waals surface area contributed by atoms with Crippen LogP contribution in [0.4, 0.5) is 4.79 Å². The molecule has 0 aromatic heterocycles. The van der Waals surface area contributed by atoms with Crippen molar-refractivity contribution in [3.63, 3.8) is 0 Å². The van der Waals surface area contributed by atoms with Crippen LogP contribution in [0.1, 0.15) is 18.9 Å². The fourth-order valence-electron chi connectivity index (χ4n) is 1.86. The smallest absolute Gasteiger partial charge is 0.323 e. The Bertz CT molecular complexity index is 487. The minimum Gasteiger partial charge on any atom is -0.480 e. The molecule has 0 aliphatic heterocycles. The summed E-state index contributed by atoms with van der Waals surface area (Å²) in [6.07, 6.45) is 0.0369. The molecule has 6 heteroatoms. The molecule has 0 fully saturated rings. The van der Waals surface area contributed by atoms with E-state index in [9.17, 15) is 19.5 Å². The van der Waals surface area contributed by atoms with E-state index in [1.54, 1.807) is 37.3 Å². The van der Waals surface area contributed by atoms with Gasteiger partial charge in [-0.1, -0.05) is 37.3 Å². The van der Waals surface area contributed by atoms with Gasteiger partial charge in [-0.15, -0.1) is 0 Å². The maximum absolute atomic E-state index is 12.2. The van der Waals surface area contributed by atoms with Gasteiger partial charge >= 0.3 is 12.0 Å². The summed E-state index contributed by atoms with van der Waals surface area (Å²) in [5.41, 5.74) is -1.43. The molecule has 0 heterocycles. The molecule has 1 atom stereocenters. The fraction of sp³-hybridized carbons (Fsp3) is 0.308. The maximum Gasteiger partial charge on any atom is 0.323 e. The van der Waals surface area contributed by atoms with Crippen LogP contribution in [0.3, 0.4) is 0 Å². The number of carboxylic acid groups (broad SMARTS) is 1. The van der Waals surface area contributed by atoms with E-state index in [2.05, 4.69) is 5.32 Å². The van der Waals surface area contributed by atoms with E-state index in [4.69, 9.17) is 0 Å². The van der Waals surface area contributed by atoms with Gasteiger partial charge in [0.15, 0.2) is 5.41 Å². The molecule has 6 nitrogen and oxygen atoms in total. The van der Waals surface area contributed by atoms with Gasteiger partial charge in [-0.3, -0.25) is 14.9 Å². The molecule has 1 aromatic rings. The number of carboxylic acids is 1. The largest absolute Gasteiger partial charge is 0.480 e. The third kappa shape index (κ3) is 2.73. The molecule has 3 N–H and O–H groups in total. The Kier molecular flexibility index (Phi) is 4.63. The lowest BCUT2D eigenvalue weighted by Crippen LogP contribution is -2.53. The third-order valence-corrected chi connectivity index (χ3v) is 3.00. The van der Waals surface area contributed by atoms with Crippen molar-refractivity contribution in [1.29, 1.82) is 0 Å². The Hall–Kier alpha value is -2.37. The second kappa shape index (κ2) is 5.99. The van der Waals surface area contributed by atoms with Crippen LogP contribution in [0.25, 0.3) is 0 Å². The lowest BCUT2D eigenvalue weighted by molar-refractivity contribution is -0.149. The molecule has 0 radical (unpaired) electrons. The molecule has 0 aliphatic carbocycles. The average Bonchev–Trinajstić information content (AvgIpc) is 2.40. The van der Waals surface area contributed by atoms with Crippen molar-refractivity contribution < 1.29 is 19.5 Å². The SMILES string of the molecule is CC[C@](C(=O)O)(C(=O)NC(=O)NC)c1ccccc1. The molecular formula is C13H16N2O4. The predicted octanol–water partition coefficient (Wildman–Crippen LogP) is 0.875. The summed E-state index contributed by atoms with van der Waals surface area (Å²) in [5.74, 6) is -2.14. The summed E-state index contributed by atoms with van der Waals surface area (Å²) in [4.78, 5) is 34.9. The monoisotopic (exact) mass is 264 g/mol. The number of urea groups is 1. The van der Waals surface area contributed by atoms with Crippen LogP contribution >= 0.6 is 0 Å². The van der Waals surface area contributed by atoms with E-state index in [0.717, 1.165) is 0 Å². The summed E-state index contributed by atoms with van der Waals surface area (Å²) < 4.78 is 0. The molecule has 1 rings (SSSR count). The molecule has 0 bridgehead atoms. The number of nitrogens with one attached hydrogen (secondary N) is 2. The highest BCUT2D eigenvalue weighted by molar-refractivity contribution is 6.12. The number of imide groups is 1. The summed E-state index contributed by atoms with van der Waals surface area (Å²) in [7, 11) is 1.35. The van der Waals surface area contributed by atoms with Gasteiger partial charge in [0.2, 0.25) is 5.91 Å². The Morgan fingerprint density at radius 1 is 1.21 bits per heavy atom. The van der Waals surface area contributed by atoms with Crippen LogP contribution in [0.2, 0.25) is 0 Å². The molecule has 1 aromatic carbocycles. The van der Waals surface area contributed by atoms with Crippen molar-refractivity contribution in [2.24, 2.45) is 0 Å². The van der Waals surface area contributed by atoms with E-state index in [1.165, 1.54) is 7.05 Å². The van der Waals surface area contributed by atoms with E-state index < -0.39 is 23.3 Å². The highest BCUT2D eigenvalue weighted by Gasteiger charge is 2.46. The third-order valence-electron chi connectivity index (χ3n) is 3.00. The Morgan fingerprint density at radius 3 is 2.21 bits per heavy atom. The zero-order valence-electron chi connectivity index (χ0n) is 10.8. The van der Waals surface area contributed by atoms with Gasteiger partial charge in [0, 0.05) is 7.05 Å². The first-order valence-corrected chi connectivity index (χ1v) is 5.81. The summed E-state index contributed by atoms with van der Waals surface area (Å²) >= 11 is 0. The van der Waals surface area contributed by atoms with Gasteiger partial charge < -0.3 is 10.4 Å². The fourth-order valence-corrected chi connectivity index (χ4v) is 1.86. The standard InChI is InChI=1S/C13H16N2O4/c1-3-13(11(17)18,9-7-5-4-6-8-9)10(16)15-12(19)14-2/h4-8H,3H2,1-2H3,(H,17,18)(H2,14,15,16,19)/t13-/m1/s1. The van der Waals surface area contributed by atoms with Crippen molar-refractivity contribution in [3.8, 4) is 0 Å².